The number of esters is 2. The summed E-state index contributed by atoms with van der Waals surface area (Å²) in [5.74, 6) is -0.939. The maximum Gasteiger partial charge on any atom is 0.306 e. The van der Waals surface area contributed by atoms with E-state index < -0.39 is 32.5 Å². The molecule has 0 aliphatic heterocycles. The Labute approximate surface area is 330 Å². The highest BCUT2D eigenvalue weighted by Crippen LogP contribution is 2.38. The number of allylic oxidation sites excluding steroid dienone is 10. The highest BCUT2D eigenvalue weighted by molar-refractivity contribution is 7.45. The van der Waals surface area contributed by atoms with E-state index in [1.165, 1.54) is 64.2 Å². The van der Waals surface area contributed by atoms with Crippen LogP contribution < -0.4 is 4.89 Å². The van der Waals surface area contributed by atoms with Gasteiger partial charge in [0.2, 0.25) is 0 Å². The summed E-state index contributed by atoms with van der Waals surface area (Å²) >= 11 is 0. The average Bonchev–Trinajstić information content (AvgIpc) is 3.12. The molecule has 0 fully saturated rings. The summed E-state index contributed by atoms with van der Waals surface area (Å²) in [5.41, 5.74) is 0. The number of carbonyl (C=O) groups is 2. The van der Waals surface area contributed by atoms with E-state index in [9.17, 15) is 19.0 Å². The van der Waals surface area contributed by atoms with E-state index in [1.807, 2.05) is 33.3 Å². The zero-order valence-electron chi connectivity index (χ0n) is 34.9. The van der Waals surface area contributed by atoms with Crippen LogP contribution in [-0.2, 0) is 32.7 Å². The number of phosphoric ester groups is 1. The number of hydrogen-bond donors (Lipinski definition) is 0. The summed E-state index contributed by atoms with van der Waals surface area (Å²) in [6.45, 7) is 4.00. The Bertz CT molecular complexity index is 1110. The van der Waals surface area contributed by atoms with Crippen molar-refractivity contribution in [1.29, 1.82) is 0 Å². The highest BCUT2D eigenvalue weighted by Gasteiger charge is 2.21. The van der Waals surface area contributed by atoms with E-state index in [2.05, 4.69) is 62.5 Å². The van der Waals surface area contributed by atoms with Crippen LogP contribution in [0.2, 0.25) is 0 Å². The first kappa shape index (κ1) is 51.7. The fourth-order valence-electron chi connectivity index (χ4n) is 5.25. The number of hydrogen-bond acceptors (Lipinski definition) is 8. The largest absolute Gasteiger partial charge is 0.756 e. The van der Waals surface area contributed by atoms with Gasteiger partial charge in [-0.05, 0) is 64.2 Å². The number of quaternary nitrogens is 1. The van der Waals surface area contributed by atoms with Crippen molar-refractivity contribution in [2.75, 3.05) is 47.5 Å². The number of likely N-dealkylation sites (N-methyl/N-ethyl adjacent to an activating group) is 1. The van der Waals surface area contributed by atoms with Crippen LogP contribution in [-0.4, -0.2) is 70.0 Å². The van der Waals surface area contributed by atoms with Crippen molar-refractivity contribution in [3.8, 4) is 0 Å². The number of nitrogens with zero attached hydrogens (tertiary/aromatic N) is 1. The topological polar surface area (TPSA) is 111 Å². The van der Waals surface area contributed by atoms with Crippen molar-refractivity contribution < 1.29 is 42.1 Å². The molecule has 0 bridgehead atoms. The van der Waals surface area contributed by atoms with Crippen molar-refractivity contribution in [2.45, 2.75) is 161 Å². The molecule has 2 atom stereocenters. The standard InChI is InChI=1S/C44H78NO8P/c1-6-8-10-12-14-16-18-20-21-22-23-25-26-28-30-32-34-36-43(46)50-40-42(41-52-54(48,49)51-39-38-45(3,4)5)53-44(47)37-35-33-31-29-27-24-19-17-15-13-11-9-7-2/h9,11,15,17,20-21,24,27,31,33,42H,6-8,10,12-14,16,18-19,22-23,25-26,28-30,32,34-41H2,1-5H3/b11-9-,17-15-,21-20-,27-24-,33-31-. The van der Waals surface area contributed by atoms with Crippen molar-refractivity contribution in [3.63, 3.8) is 0 Å². The summed E-state index contributed by atoms with van der Waals surface area (Å²) in [4.78, 5) is 37.4. The molecule has 0 rings (SSSR count). The number of carbonyl (C=O) groups excluding carboxylic acids is 2. The molecule has 0 N–H and O–H groups in total. The maximum atomic E-state index is 12.6. The summed E-state index contributed by atoms with van der Waals surface area (Å²) in [6, 6.07) is 0. The zero-order chi connectivity index (χ0) is 40.0. The minimum Gasteiger partial charge on any atom is -0.756 e. The van der Waals surface area contributed by atoms with Crippen molar-refractivity contribution >= 4 is 19.8 Å². The van der Waals surface area contributed by atoms with Gasteiger partial charge in [-0.2, -0.15) is 0 Å². The monoisotopic (exact) mass is 780 g/mol. The van der Waals surface area contributed by atoms with Gasteiger partial charge in [0, 0.05) is 12.8 Å². The van der Waals surface area contributed by atoms with E-state index in [0.717, 1.165) is 51.4 Å². The Morgan fingerprint density at radius 2 is 1.09 bits per heavy atom. The molecule has 2 unspecified atom stereocenters. The smallest absolute Gasteiger partial charge is 0.306 e. The number of phosphoric acid groups is 1. The lowest BCUT2D eigenvalue weighted by molar-refractivity contribution is -0.870. The van der Waals surface area contributed by atoms with Crippen molar-refractivity contribution in [3.05, 3.63) is 60.8 Å². The van der Waals surface area contributed by atoms with E-state index in [1.54, 1.807) is 0 Å². The molecule has 0 heterocycles. The average molecular weight is 780 g/mol. The Morgan fingerprint density at radius 1 is 0.593 bits per heavy atom. The van der Waals surface area contributed by atoms with Crippen LogP contribution in [0.3, 0.4) is 0 Å². The molecule has 0 saturated carbocycles. The van der Waals surface area contributed by atoms with Crippen LogP contribution >= 0.6 is 7.82 Å². The molecule has 10 heteroatoms. The third-order valence-corrected chi connectivity index (χ3v) is 9.50. The quantitative estimate of drug-likeness (QED) is 0.0201. The van der Waals surface area contributed by atoms with E-state index in [0.29, 0.717) is 23.9 Å². The predicted molar refractivity (Wildman–Crippen MR) is 222 cm³/mol. The third kappa shape index (κ3) is 39.4. The highest BCUT2D eigenvalue weighted by atomic mass is 31.2. The second-order valence-corrected chi connectivity index (χ2v) is 16.4. The molecule has 0 radical (unpaired) electrons. The second kappa shape index (κ2) is 36.4. The summed E-state index contributed by atoms with van der Waals surface area (Å²) in [6.07, 6.45) is 42.7. The Kier molecular flexibility index (Phi) is 34.8. The lowest BCUT2D eigenvalue weighted by Gasteiger charge is -2.28. The molecule has 0 spiro atoms. The predicted octanol–water partition coefficient (Wildman–Crippen LogP) is 11.1. The van der Waals surface area contributed by atoms with Gasteiger partial charge < -0.3 is 27.9 Å². The van der Waals surface area contributed by atoms with Gasteiger partial charge in [-0.1, -0.05) is 139 Å². The van der Waals surface area contributed by atoms with Gasteiger partial charge in [0.05, 0.1) is 27.7 Å². The van der Waals surface area contributed by atoms with Gasteiger partial charge in [-0.3, -0.25) is 14.2 Å². The van der Waals surface area contributed by atoms with E-state index in [4.69, 9.17) is 18.5 Å². The molecule has 312 valence electrons. The lowest BCUT2D eigenvalue weighted by atomic mass is 10.1. The van der Waals surface area contributed by atoms with Crippen molar-refractivity contribution in [2.24, 2.45) is 0 Å². The first-order chi connectivity index (χ1) is 26.0. The normalized spacial score (nSPS) is 14.3. The molecule has 0 aliphatic carbocycles. The Hall–Kier alpha value is -2.29. The summed E-state index contributed by atoms with van der Waals surface area (Å²) in [7, 11) is 1.11. The number of ether oxygens (including phenoxy) is 2. The molecular formula is C44H78NO8P. The molecule has 0 amide bonds. The van der Waals surface area contributed by atoms with Gasteiger partial charge >= 0.3 is 11.9 Å². The molecular weight excluding hydrogens is 701 g/mol. The van der Waals surface area contributed by atoms with Gasteiger partial charge in [0.15, 0.2) is 6.10 Å². The fraction of sp³-hybridized carbons (Fsp3) is 0.727. The van der Waals surface area contributed by atoms with Crippen LogP contribution in [0.1, 0.15) is 155 Å². The molecule has 54 heavy (non-hydrogen) atoms. The number of rotatable bonds is 37. The molecule has 0 aromatic heterocycles. The molecule has 0 aromatic rings. The molecule has 9 nitrogen and oxygen atoms in total. The molecule has 0 saturated heterocycles. The van der Waals surface area contributed by atoms with E-state index in [-0.39, 0.29) is 26.1 Å². The van der Waals surface area contributed by atoms with Crippen LogP contribution in [0, 0.1) is 0 Å². The Balaban J connectivity index is 4.46. The Morgan fingerprint density at radius 3 is 1.65 bits per heavy atom. The van der Waals surface area contributed by atoms with Crippen LogP contribution in [0.15, 0.2) is 60.8 Å². The zero-order valence-corrected chi connectivity index (χ0v) is 35.8. The van der Waals surface area contributed by atoms with Crippen molar-refractivity contribution in [1.82, 2.24) is 0 Å². The molecule has 0 aromatic carbocycles. The van der Waals surface area contributed by atoms with Gasteiger partial charge in [0.25, 0.3) is 7.82 Å². The van der Waals surface area contributed by atoms with Crippen LogP contribution in [0.4, 0.5) is 0 Å². The second-order valence-electron chi connectivity index (χ2n) is 15.0. The lowest BCUT2D eigenvalue weighted by Crippen LogP contribution is -2.37. The van der Waals surface area contributed by atoms with Crippen LogP contribution in [0.5, 0.6) is 0 Å². The first-order valence-corrected chi connectivity index (χ1v) is 22.5. The van der Waals surface area contributed by atoms with E-state index >= 15 is 0 Å². The summed E-state index contributed by atoms with van der Waals surface area (Å²) < 4.78 is 33.7. The van der Waals surface area contributed by atoms with Gasteiger partial charge in [-0.15, -0.1) is 0 Å². The SMILES string of the molecule is CC/C=C\C/C=C\C/C=C\C/C=C\CCC(=O)OC(COC(=O)CCCCCCCCC/C=C\CCCCCCCC)COP(=O)([O-])OCC[N+](C)(C)C. The van der Waals surface area contributed by atoms with Gasteiger partial charge in [-0.25, -0.2) is 0 Å². The summed E-state index contributed by atoms with van der Waals surface area (Å²) in [5, 5.41) is 0. The van der Waals surface area contributed by atoms with Crippen LogP contribution in [0.25, 0.3) is 0 Å². The molecule has 0 aliphatic rings. The fourth-order valence-corrected chi connectivity index (χ4v) is 5.98. The number of unbranched alkanes of at least 4 members (excludes halogenated alkanes) is 13. The maximum absolute atomic E-state index is 12.6. The third-order valence-electron chi connectivity index (χ3n) is 8.54. The minimum atomic E-state index is -4.64. The van der Waals surface area contributed by atoms with Gasteiger partial charge in [0.1, 0.15) is 19.8 Å². The minimum absolute atomic E-state index is 0.0463. The first-order valence-electron chi connectivity index (χ1n) is 21.0.